The molecule has 0 saturated carbocycles. The number of nitrogens with one attached hydrogen (secondary N) is 4. The molecule has 0 bridgehead atoms. The van der Waals surface area contributed by atoms with Crippen LogP contribution >= 0.6 is 0 Å². The molecule has 15 nitrogen and oxygen atoms in total. The van der Waals surface area contributed by atoms with Crippen LogP contribution in [-0.4, -0.2) is 107 Å². The maximum Gasteiger partial charge on any atom is 0.329 e. The number of Topliss-reactive ketones (excluding diaryl/α,β-unsaturated/α-hetero) is 2. The molecule has 0 aromatic carbocycles. The van der Waals surface area contributed by atoms with E-state index in [4.69, 9.17) is 9.47 Å². The van der Waals surface area contributed by atoms with Crippen LogP contribution in [0.15, 0.2) is 0 Å². The van der Waals surface area contributed by atoms with Crippen molar-refractivity contribution in [2.75, 3.05) is 20.2 Å². The normalized spacial score (nSPS) is 15.4. The first-order valence-corrected chi connectivity index (χ1v) is 16.5. The number of hydrogen-bond acceptors (Lipinski definition) is 12. The summed E-state index contributed by atoms with van der Waals surface area (Å²) in [5.41, 5.74) is -1.24. The van der Waals surface area contributed by atoms with Crippen LogP contribution in [0.5, 0.6) is 0 Å². The topological polar surface area (TPSA) is 210 Å². The fourth-order valence-electron chi connectivity index (χ4n) is 5.72. The number of amides is 3. The van der Waals surface area contributed by atoms with Gasteiger partial charge < -0.3 is 35.9 Å². The van der Waals surface area contributed by atoms with Gasteiger partial charge >= 0.3 is 11.9 Å². The first-order valence-electron chi connectivity index (χ1n) is 16.5. The second kappa shape index (κ2) is 31.6. The molecule has 0 spiro atoms. The number of ether oxygens (including phenoxy) is 2. The molecule has 3 amide bonds. The number of hydroxylamine groups is 2. The minimum atomic E-state index is -1.15. The third-order valence-electron chi connectivity index (χ3n) is 7.87. The van der Waals surface area contributed by atoms with E-state index in [1.54, 1.807) is 0 Å². The van der Waals surface area contributed by atoms with Crippen LogP contribution < -0.4 is 21.3 Å². The highest BCUT2D eigenvalue weighted by molar-refractivity contribution is 6.00. The molecular weight excluding hydrogens is 722 g/mol. The van der Waals surface area contributed by atoms with Crippen LogP contribution in [0.4, 0.5) is 0 Å². The maximum absolute atomic E-state index is 12.9. The number of esters is 2. The van der Waals surface area contributed by atoms with Crippen molar-refractivity contribution in [1.82, 2.24) is 26.3 Å². The number of likely N-dealkylation sites (N-methyl/N-ethyl adjacent to an activating group) is 1. The van der Waals surface area contributed by atoms with Crippen molar-refractivity contribution in [2.45, 2.75) is 196 Å². The Bertz CT molecular complexity index is 1160. The number of carbonyl (C=O) groups is 7. The van der Waals surface area contributed by atoms with Crippen LogP contribution in [0.1, 0.15) is 160 Å². The lowest BCUT2D eigenvalue weighted by Crippen LogP contribution is -2.61. The van der Waals surface area contributed by atoms with Gasteiger partial charge in [0.25, 0.3) is 0 Å². The summed E-state index contributed by atoms with van der Waals surface area (Å²) in [5.74, 6) is -4.49. The summed E-state index contributed by atoms with van der Waals surface area (Å²) in [5, 5.41) is 22.1. The molecule has 0 aliphatic carbocycles. The van der Waals surface area contributed by atoms with E-state index in [9.17, 15) is 38.8 Å². The van der Waals surface area contributed by atoms with E-state index >= 15 is 0 Å². The van der Waals surface area contributed by atoms with Crippen molar-refractivity contribution in [3.05, 3.63) is 0 Å². The van der Waals surface area contributed by atoms with E-state index in [2.05, 4.69) is 21.3 Å². The largest absolute Gasteiger partial charge is 0.461 e. The van der Waals surface area contributed by atoms with E-state index in [1.165, 1.54) is 19.0 Å². The van der Waals surface area contributed by atoms with Gasteiger partial charge in [0.2, 0.25) is 17.7 Å². The number of carbonyl (C=O) groups excluding carboxylic acids is 7. The van der Waals surface area contributed by atoms with Gasteiger partial charge in [0.1, 0.15) is 30.4 Å². The first-order chi connectivity index (χ1) is 22.1. The molecule has 0 radical (unpaired) electrons. The lowest BCUT2D eigenvalue weighted by molar-refractivity contribution is -0.259. The van der Waals surface area contributed by atoms with Gasteiger partial charge in [0.05, 0.1) is 12.5 Å². The highest BCUT2D eigenvalue weighted by Gasteiger charge is 2.46. The molecule has 0 aromatic heterocycles. The zero-order valence-corrected chi connectivity index (χ0v) is 30.2. The summed E-state index contributed by atoms with van der Waals surface area (Å²) in [6, 6.07) is -3.01. The van der Waals surface area contributed by atoms with E-state index in [-0.39, 0.29) is 103 Å². The summed E-state index contributed by atoms with van der Waals surface area (Å²) in [7, 11) is 1.53. The number of ketones is 2. The molecule has 1 saturated heterocycles. The number of nitrogens with zero attached hydrogens (tertiary/aromatic N) is 1. The Morgan fingerprint density at radius 2 is 1.11 bits per heavy atom. The number of piperidine rings is 1. The molecule has 56 heavy (non-hydrogen) atoms. The van der Waals surface area contributed by atoms with Crippen LogP contribution in [0.3, 0.4) is 0 Å². The maximum atomic E-state index is 12.9. The average Bonchev–Trinajstić information content (AvgIpc) is 2.92. The SMILES string of the molecule is C.C.C.C.C.C.C.C.CNC(CNC(=O)CC(=O)NC(CC(C)C)C(=O)OCC(=O)C(CC(C)C)NC(=O)CC(C)=O)C(=O)OC1CC(C)(C)N(O)C(C)(C)C1. The molecule has 338 valence electrons. The Balaban J connectivity index is -0.000000480. The van der Waals surface area contributed by atoms with Gasteiger partial charge in [0.15, 0.2) is 12.4 Å². The lowest BCUT2D eigenvalue weighted by atomic mass is 9.80. The molecule has 3 atom stereocenters. The standard InChI is InChI=1S/C33H57N5O10.8CH4/c1-19(2)11-23(36-28(42)13-21(5)39)26(40)18-47-30(44)24(12-20(3)4)37-29(43)14-27(41)35-17-25(34-10)31(45)48-22-15-32(6,7)38(46)33(8,9)16-22;;;;;;;;/h19-20,22-25,34,46H,11-18H2,1-10H3,(H,35,41)(H,36,42)(H,37,43);8*1H4. The fourth-order valence-corrected chi connectivity index (χ4v) is 5.72. The summed E-state index contributed by atoms with van der Waals surface area (Å²) in [6.07, 6.45) is -0.212. The van der Waals surface area contributed by atoms with Crippen molar-refractivity contribution in [3.8, 4) is 0 Å². The van der Waals surface area contributed by atoms with Gasteiger partial charge in [-0.05, 0) is 66.3 Å². The van der Waals surface area contributed by atoms with Gasteiger partial charge in [-0.1, -0.05) is 87.1 Å². The van der Waals surface area contributed by atoms with Crippen molar-refractivity contribution >= 4 is 41.2 Å². The Kier molecular flexibility index (Phi) is 39.8. The number of rotatable bonds is 19. The van der Waals surface area contributed by atoms with Gasteiger partial charge in [-0.2, -0.15) is 5.06 Å². The second-order valence-electron chi connectivity index (χ2n) is 14.7. The van der Waals surface area contributed by atoms with Crippen molar-refractivity contribution < 1.29 is 48.2 Å². The number of hydrogen-bond donors (Lipinski definition) is 5. The molecule has 1 fully saturated rings. The molecule has 15 heteroatoms. The first kappa shape index (κ1) is 70.4. The summed E-state index contributed by atoms with van der Waals surface area (Å²) in [4.78, 5) is 87.3. The summed E-state index contributed by atoms with van der Waals surface area (Å²) < 4.78 is 10.9. The lowest BCUT2D eigenvalue weighted by Gasteiger charge is -2.51. The van der Waals surface area contributed by atoms with E-state index in [0.717, 1.165) is 0 Å². The Hall–Kier alpha value is -3.43. The Morgan fingerprint density at radius 3 is 1.54 bits per heavy atom. The molecule has 1 aliphatic rings. The molecule has 1 rings (SSSR count). The van der Waals surface area contributed by atoms with Crippen molar-refractivity contribution in [2.24, 2.45) is 11.8 Å². The molecule has 1 aliphatic heterocycles. The Labute approximate surface area is 342 Å². The molecule has 0 aromatic rings. The van der Waals surface area contributed by atoms with Crippen LogP contribution in [0, 0.1) is 11.8 Å². The predicted octanol–water partition coefficient (Wildman–Crippen LogP) is 6.28. The second-order valence-corrected chi connectivity index (χ2v) is 14.7. The van der Waals surface area contributed by atoms with Gasteiger partial charge in [-0.3, -0.25) is 28.8 Å². The molecular formula is C41H89N5O10. The minimum absolute atomic E-state index is 0. The van der Waals surface area contributed by atoms with E-state index in [0.29, 0.717) is 12.8 Å². The quantitative estimate of drug-likeness (QED) is 0.0722. The monoisotopic (exact) mass is 812 g/mol. The third kappa shape index (κ3) is 25.0. The molecule has 3 unspecified atom stereocenters. The van der Waals surface area contributed by atoms with Gasteiger partial charge in [-0.15, -0.1) is 0 Å². The third-order valence-corrected chi connectivity index (χ3v) is 7.87. The fraction of sp³-hybridized carbons (Fsp3) is 0.829. The van der Waals surface area contributed by atoms with E-state index < -0.39 is 83.8 Å². The smallest absolute Gasteiger partial charge is 0.329 e. The zero-order valence-electron chi connectivity index (χ0n) is 30.2. The van der Waals surface area contributed by atoms with Crippen LogP contribution in [0.2, 0.25) is 0 Å². The minimum Gasteiger partial charge on any atom is -0.461 e. The van der Waals surface area contributed by atoms with E-state index in [1.807, 2.05) is 55.4 Å². The summed E-state index contributed by atoms with van der Waals surface area (Å²) in [6.45, 7) is 15.2. The predicted molar refractivity (Wildman–Crippen MR) is 229 cm³/mol. The van der Waals surface area contributed by atoms with Gasteiger partial charge in [-0.25, -0.2) is 4.79 Å². The van der Waals surface area contributed by atoms with Crippen molar-refractivity contribution in [3.63, 3.8) is 0 Å². The highest BCUT2D eigenvalue weighted by atomic mass is 16.6. The molecule has 5 N–H and O–H groups in total. The van der Waals surface area contributed by atoms with Crippen molar-refractivity contribution in [1.29, 1.82) is 0 Å². The van der Waals surface area contributed by atoms with Gasteiger partial charge in [0, 0.05) is 30.5 Å². The summed E-state index contributed by atoms with van der Waals surface area (Å²) >= 11 is 0. The zero-order chi connectivity index (χ0) is 37.0. The van der Waals surface area contributed by atoms with Crippen LogP contribution in [0.25, 0.3) is 0 Å². The molecule has 1 heterocycles. The average molecular weight is 812 g/mol. The highest BCUT2D eigenvalue weighted by Crippen LogP contribution is 2.38. The van der Waals surface area contributed by atoms with Crippen LogP contribution in [-0.2, 0) is 43.0 Å². The Morgan fingerprint density at radius 1 is 0.679 bits per heavy atom.